The number of anilines is 1. The van der Waals surface area contributed by atoms with Crippen LogP contribution >= 0.6 is 11.6 Å². The number of nitrogens with one attached hydrogen (secondary N) is 1. The van der Waals surface area contributed by atoms with E-state index >= 15 is 0 Å². The number of sulfonamides is 1. The van der Waals surface area contributed by atoms with Crippen LogP contribution in [0.15, 0.2) is 29.2 Å². The third kappa shape index (κ3) is 3.49. The van der Waals surface area contributed by atoms with Crippen molar-refractivity contribution in [3.8, 4) is 0 Å². The van der Waals surface area contributed by atoms with Crippen LogP contribution in [0.2, 0.25) is 0 Å². The molecule has 0 bridgehead atoms. The summed E-state index contributed by atoms with van der Waals surface area (Å²) in [5.41, 5.74) is 0.407. The highest BCUT2D eigenvalue weighted by Crippen LogP contribution is 2.20. The molecule has 1 fully saturated rings. The molecule has 0 unspecified atom stereocenters. The first-order valence-electron chi connectivity index (χ1n) is 6.08. The van der Waals surface area contributed by atoms with Crippen LogP contribution in [0.25, 0.3) is 0 Å². The van der Waals surface area contributed by atoms with E-state index in [1.807, 2.05) is 0 Å². The van der Waals surface area contributed by atoms with Crippen molar-refractivity contribution in [1.82, 2.24) is 4.31 Å². The summed E-state index contributed by atoms with van der Waals surface area (Å²) >= 11 is 5.40. The van der Waals surface area contributed by atoms with Crippen LogP contribution in [-0.2, 0) is 19.6 Å². The number of halogens is 1. The molecule has 8 heteroatoms. The summed E-state index contributed by atoms with van der Waals surface area (Å²) in [6.45, 7) is 1.45. The smallest absolute Gasteiger partial charge is 0.243 e. The van der Waals surface area contributed by atoms with Gasteiger partial charge in [0.1, 0.15) is 5.88 Å². The molecule has 0 spiro atoms. The minimum absolute atomic E-state index is 0.145. The first-order valence-corrected chi connectivity index (χ1v) is 8.05. The maximum Gasteiger partial charge on any atom is 0.243 e. The van der Waals surface area contributed by atoms with Gasteiger partial charge in [-0.1, -0.05) is 6.07 Å². The van der Waals surface area contributed by atoms with Gasteiger partial charge in [0.15, 0.2) is 0 Å². The molecule has 0 aromatic heterocycles. The number of carbonyl (C=O) groups excluding carboxylic acids is 1. The molecule has 1 aliphatic rings. The summed E-state index contributed by atoms with van der Waals surface area (Å²) < 4.78 is 31.4. The van der Waals surface area contributed by atoms with Gasteiger partial charge in [-0.15, -0.1) is 11.6 Å². The predicted molar refractivity (Wildman–Crippen MR) is 75.4 cm³/mol. The first-order chi connectivity index (χ1) is 9.54. The molecule has 0 saturated carbocycles. The Morgan fingerprint density at radius 3 is 2.70 bits per heavy atom. The number of alkyl halides is 1. The largest absolute Gasteiger partial charge is 0.379 e. The van der Waals surface area contributed by atoms with E-state index in [-0.39, 0.29) is 16.7 Å². The van der Waals surface area contributed by atoms with E-state index in [2.05, 4.69) is 5.32 Å². The number of amides is 1. The van der Waals surface area contributed by atoms with E-state index in [4.69, 9.17) is 16.3 Å². The van der Waals surface area contributed by atoms with Gasteiger partial charge in [0.25, 0.3) is 0 Å². The molecule has 1 aromatic rings. The molecule has 1 aliphatic heterocycles. The van der Waals surface area contributed by atoms with Crippen LogP contribution in [-0.4, -0.2) is 50.8 Å². The van der Waals surface area contributed by atoms with Gasteiger partial charge in [-0.05, 0) is 18.2 Å². The second kappa shape index (κ2) is 6.53. The molecule has 1 saturated heterocycles. The Morgan fingerprint density at radius 2 is 2.05 bits per heavy atom. The second-order valence-electron chi connectivity index (χ2n) is 4.23. The molecule has 1 aromatic carbocycles. The minimum Gasteiger partial charge on any atom is -0.379 e. The number of carbonyl (C=O) groups is 1. The van der Waals surface area contributed by atoms with Gasteiger partial charge < -0.3 is 10.1 Å². The van der Waals surface area contributed by atoms with Gasteiger partial charge in [0.2, 0.25) is 15.9 Å². The summed E-state index contributed by atoms with van der Waals surface area (Å²) in [4.78, 5) is 11.4. The SMILES string of the molecule is O=C(CCl)Nc1cccc(S(=O)(=O)N2CCOCC2)c1. The lowest BCUT2D eigenvalue weighted by molar-refractivity contribution is -0.113. The van der Waals surface area contributed by atoms with E-state index in [1.54, 1.807) is 12.1 Å². The van der Waals surface area contributed by atoms with Crippen molar-refractivity contribution in [2.45, 2.75) is 4.90 Å². The lowest BCUT2D eigenvalue weighted by atomic mass is 10.3. The van der Waals surface area contributed by atoms with E-state index < -0.39 is 10.0 Å². The van der Waals surface area contributed by atoms with E-state index in [9.17, 15) is 13.2 Å². The number of ether oxygens (including phenoxy) is 1. The zero-order valence-electron chi connectivity index (χ0n) is 10.7. The number of morpholine rings is 1. The zero-order chi connectivity index (χ0) is 14.6. The Balaban J connectivity index is 2.23. The third-order valence-corrected chi connectivity index (χ3v) is 4.98. The second-order valence-corrected chi connectivity index (χ2v) is 6.43. The minimum atomic E-state index is -3.56. The van der Waals surface area contributed by atoms with Crippen LogP contribution in [0.5, 0.6) is 0 Å². The van der Waals surface area contributed by atoms with Crippen molar-refractivity contribution < 1.29 is 17.9 Å². The Hall–Kier alpha value is -1.15. The molecule has 0 aliphatic carbocycles. The normalized spacial score (nSPS) is 16.9. The summed E-state index contributed by atoms with van der Waals surface area (Å²) in [6.07, 6.45) is 0. The summed E-state index contributed by atoms with van der Waals surface area (Å²) in [7, 11) is -3.56. The van der Waals surface area contributed by atoms with Gasteiger partial charge in [-0.3, -0.25) is 4.79 Å². The Kier molecular flexibility index (Phi) is 4.98. The van der Waals surface area contributed by atoms with Crippen LogP contribution in [0.1, 0.15) is 0 Å². The summed E-state index contributed by atoms with van der Waals surface area (Å²) in [5, 5.41) is 2.53. The first kappa shape index (κ1) is 15.2. The molecule has 6 nitrogen and oxygen atoms in total. The third-order valence-electron chi connectivity index (χ3n) is 2.85. The van der Waals surface area contributed by atoms with Crippen molar-refractivity contribution in [2.75, 3.05) is 37.5 Å². The fraction of sp³-hybridized carbons (Fsp3) is 0.417. The zero-order valence-corrected chi connectivity index (χ0v) is 12.3. The number of hydrogen-bond acceptors (Lipinski definition) is 4. The molecular formula is C12H15ClN2O4S. The van der Waals surface area contributed by atoms with Crippen LogP contribution in [0, 0.1) is 0 Å². The number of benzene rings is 1. The summed E-state index contributed by atoms with van der Waals surface area (Å²) in [5.74, 6) is -0.562. The number of nitrogens with zero attached hydrogens (tertiary/aromatic N) is 1. The molecule has 1 heterocycles. The Bertz CT molecular complexity index is 585. The molecule has 110 valence electrons. The average Bonchev–Trinajstić information content (AvgIpc) is 2.48. The molecule has 0 radical (unpaired) electrons. The standard InChI is InChI=1S/C12H15ClN2O4S/c13-9-12(16)14-10-2-1-3-11(8-10)20(17,18)15-4-6-19-7-5-15/h1-3,8H,4-7,9H2,(H,14,16). The molecule has 1 amide bonds. The number of hydrogen-bond donors (Lipinski definition) is 1. The highest BCUT2D eigenvalue weighted by Gasteiger charge is 2.26. The fourth-order valence-electron chi connectivity index (χ4n) is 1.86. The van der Waals surface area contributed by atoms with Crippen molar-refractivity contribution in [3.63, 3.8) is 0 Å². The maximum atomic E-state index is 12.4. The quantitative estimate of drug-likeness (QED) is 0.836. The maximum absolute atomic E-state index is 12.4. The van der Waals surface area contributed by atoms with Crippen molar-refractivity contribution in [1.29, 1.82) is 0 Å². The number of rotatable bonds is 4. The van der Waals surface area contributed by atoms with Gasteiger partial charge in [-0.2, -0.15) is 4.31 Å². The predicted octanol–water partition coefficient (Wildman–Crippen LogP) is 0.885. The van der Waals surface area contributed by atoms with Crippen molar-refractivity contribution in [3.05, 3.63) is 24.3 Å². The monoisotopic (exact) mass is 318 g/mol. The molecular weight excluding hydrogens is 304 g/mol. The molecule has 2 rings (SSSR count). The lowest BCUT2D eigenvalue weighted by Crippen LogP contribution is -2.40. The Morgan fingerprint density at radius 1 is 1.35 bits per heavy atom. The van der Waals surface area contributed by atoms with Crippen LogP contribution < -0.4 is 5.32 Å². The van der Waals surface area contributed by atoms with Crippen LogP contribution in [0.3, 0.4) is 0 Å². The average molecular weight is 319 g/mol. The van der Waals surface area contributed by atoms with Gasteiger partial charge in [-0.25, -0.2) is 8.42 Å². The van der Waals surface area contributed by atoms with Crippen LogP contribution in [0.4, 0.5) is 5.69 Å². The topological polar surface area (TPSA) is 75.7 Å². The van der Waals surface area contributed by atoms with Gasteiger partial charge >= 0.3 is 0 Å². The van der Waals surface area contributed by atoms with E-state index in [0.29, 0.717) is 32.0 Å². The van der Waals surface area contributed by atoms with E-state index in [0.717, 1.165) is 0 Å². The lowest BCUT2D eigenvalue weighted by Gasteiger charge is -2.26. The molecule has 0 atom stereocenters. The van der Waals surface area contributed by atoms with Gasteiger partial charge in [0, 0.05) is 18.8 Å². The molecule has 1 N–H and O–H groups in total. The van der Waals surface area contributed by atoms with Crippen molar-refractivity contribution in [2.24, 2.45) is 0 Å². The highest BCUT2D eigenvalue weighted by molar-refractivity contribution is 7.89. The Labute approximate surface area is 122 Å². The fourth-order valence-corrected chi connectivity index (χ4v) is 3.39. The summed E-state index contributed by atoms with van der Waals surface area (Å²) in [6, 6.07) is 6.12. The van der Waals surface area contributed by atoms with Gasteiger partial charge in [0.05, 0.1) is 18.1 Å². The van der Waals surface area contributed by atoms with Crippen molar-refractivity contribution >= 4 is 33.2 Å². The highest BCUT2D eigenvalue weighted by atomic mass is 35.5. The van der Waals surface area contributed by atoms with E-state index in [1.165, 1.54) is 16.4 Å². The molecule has 20 heavy (non-hydrogen) atoms.